The van der Waals surface area contributed by atoms with E-state index in [-0.39, 0.29) is 5.91 Å². The third kappa shape index (κ3) is 3.63. The predicted octanol–water partition coefficient (Wildman–Crippen LogP) is 2.98. The van der Waals surface area contributed by atoms with Gasteiger partial charge < -0.3 is 14.5 Å². The normalized spacial score (nSPS) is 11.9. The molecule has 106 valence electrons. The fourth-order valence-electron chi connectivity index (χ4n) is 1.78. The molecule has 1 amide bonds. The SMILES string of the molecule is Cc1ccc(O[C@@H](C)C(=O)NCc2ccco2)cc1C. The summed E-state index contributed by atoms with van der Waals surface area (Å²) in [6.45, 7) is 6.15. The van der Waals surface area contributed by atoms with Crippen molar-refractivity contribution >= 4 is 5.91 Å². The summed E-state index contributed by atoms with van der Waals surface area (Å²) in [7, 11) is 0. The molecule has 4 nitrogen and oxygen atoms in total. The van der Waals surface area contributed by atoms with Crippen LogP contribution in [0, 0.1) is 13.8 Å². The molecule has 1 N–H and O–H groups in total. The van der Waals surface area contributed by atoms with Gasteiger partial charge in [-0.1, -0.05) is 6.07 Å². The van der Waals surface area contributed by atoms with Gasteiger partial charge in [0.2, 0.25) is 0 Å². The van der Waals surface area contributed by atoms with E-state index in [1.807, 2.05) is 38.1 Å². The van der Waals surface area contributed by atoms with E-state index in [0.717, 1.165) is 11.3 Å². The highest BCUT2D eigenvalue weighted by Crippen LogP contribution is 2.17. The third-order valence-corrected chi connectivity index (χ3v) is 3.18. The molecular weight excluding hydrogens is 254 g/mol. The molecule has 2 aromatic rings. The summed E-state index contributed by atoms with van der Waals surface area (Å²) >= 11 is 0. The smallest absolute Gasteiger partial charge is 0.261 e. The quantitative estimate of drug-likeness (QED) is 0.911. The second-order valence-corrected chi connectivity index (χ2v) is 4.80. The largest absolute Gasteiger partial charge is 0.481 e. The topological polar surface area (TPSA) is 51.5 Å². The Bertz CT molecular complexity index is 575. The van der Waals surface area contributed by atoms with Crippen LogP contribution in [0.4, 0.5) is 0 Å². The van der Waals surface area contributed by atoms with Crippen LogP contribution in [0.5, 0.6) is 5.75 Å². The molecule has 0 bridgehead atoms. The second-order valence-electron chi connectivity index (χ2n) is 4.80. The van der Waals surface area contributed by atoms with Crippen molar-refractivity contribution in [2.75, 3.05) is 0 Å². The summed E-state index contributed by atoms with van der Waals surface area (Å²) in [5.41, 5.74) is 2.35. The van der Waals surface area contributed by atoms with Crippen LogP contribution in [0.25, 0.3) is 0 Å². The Morgan fingerprint density at radius 1 is 1.30 bits per heavy atom. The first-order chi connectivity index (χ1) is 9.56. The molecule has 20 heavy (non-hydrogen) atoms. The zero-order valence-electron chi connectivity index (χ0n) is 12.0. The summed E-state index contributed by atoms with van der Waals surface area (Å²) in [6, 6.07) is 9.40. The van der Waals surface area contributed by atoms with Gasteiger partial charge in [0.05, 0.1) is 12.8 Å². The van der Waals surface area contributed by atoms with E-state index in [9.17, 15) is 4.79 Å². The van der Waals surface area contributed by atoms with E-state index in [1.165, 1.54) is 5.56 Å². The second kappa shape index (κ2) is 6.28. The summed E-state index contributed by atoms with van der Waals surface area (Å²) < 4.78 is 10.8. The lowest BCUT2D eigenvalue weighted by Gasteiger charge is -2.15. The molecule has 0 aliphatic carbocycles. The Balaban J connectivity index is 1.88. The number of carbonyl (C=O) groups is 1. The summed E-state index contributed by atoms with van der Waals surface area (Å²) in [5.74, 6) is 1.25. The number of nitrogens with one attached hydrogen (secondary N) is 1. The standard InChI is InChI=1S/C16H19NO3/c1-11-6-7-14(9-12(11)2)20-13(3)16(18)17-10-15-5-4-8-19-15/h4-9,13H,10H2,1-3H3,(H,17,18)/t13-/m0/s1. The van der Waals surface area contributed by atoms with Gasteiger partial charge in [-0.25, -0.2) is 0 Å². The molecule has 0 saturated carbocycles. The first-order valence-electron chi connectivity index (χ1n) is 6.60. The van der Waals surface area contributed by atoms with Crippen molar-refractivity contribution in [1.82, 2.24) is 5.32 Å². The van der Waals surface area contributed by atoms with Crippen LogP contribution in [-0.4, -0.2) is 12.0 Å². The molecule has 1 heterocycles. The van der Waals surface area contributed by atoms with E-state index in [0.29, 0.717) is 12.3 Å². The Morgan fingerprint density at radius 3 is 2.75 bits per heavy atom. The highest BCUT2D eigenvalue weighted by molar-refractivity contribution is 5.80. The van der Waals surface area contributed by atoms with E-state index in [4.69, 9.17) is 9.15 Å². The summed E-state index contributed by atoms with van der Waals surface area (Å²) in [6.07, 6.45) is 1.03. The molecule has 1 atom stereocenters. The number of hydrogen-bond donors (Lipinski definition) is 1. The minimum atomic E-state index is -0.549. The predicted molar refractivity (Wildman–Crippen MR) is 76.6 cm³/mol. The van der Waals surface area contributed by atoms with Gasteiger partial charge in [0, 0.05) is 0 Å². The fraction of sp³-hybridized carbons (Fsp3) is 0.312. The lowest BCUT2D eigenvalue weighted by Crippen LogP contribution is -2.35. The van der Waals surface area contributed by atoms with Gasteiger partial charge in [-0.3, -0.25) is 4.79 Å². The van der Waals surface area contributed by atoms with E-state index < -0.39 is 6.10 Å². The minimum Gasteiger partial charge on any atom is -0.481 e. The van der Waals surface area contributed by atoms with Crippen molar-refractivity contribution in [3.05, 3.63) is 53.5 Å². The number of furan rings is 1. The van der Waals surface area contributed by atoms with E-state index >= 15 is 0 Å². The Morgan fingerprint density at radius 2 is 2.10 bits per heavy atom. The van der Waals surface area contributed by atoms with Crippen molar-refractivity contribution in [2.24, 2.45) is 0 Å². The van der Waals surface area contributed by atoms with Gasteiger partial charge in [-0.2, -0.15) is 0 Å². The monoisotopic (exact) mass is 273 g/mol. The van der Waals surface area contributed by atoms with Crippen molar-refractivity contribution in [1.29, 1.82) is 0 Å². The Kier molecular flexibility index (Phi) is 4.45. The molecule has 0 saturated heterocycles. The number of benzene rings is 1. The molecule has 1 aromatic heterocycles. The van der Waals surface area contributed by atoms with Crippen molar-refractivity contribution < 1.29 is 13.9 Å². The van der Waals surface area contributed by atoms with Crippen LogP contribution in [0.3, 0.4) is 0 Å². The maximum atomic E-state index is 11.9. The van der Waals surface area contributed by atoms with Crippen LogP contribution in [0.15, 0.2) is 41.0 Å². The van der Waals surface area contributed by atoms with Crippen LogP contribution in [-0.2, 0) is 11.3 Å². The molecule has 4 heteroatoms. The van der Waals surface area contributed by atoms with Gasteiger partial charge in [-0.05, 0) is 56.2 Å². The van der Waals surface area contributed by atoms with Crippen molar-refractivity contribution in [3.8, 4) is 5.75 Å². The van der Waals surface area contributed by atoms with Crippen LogP contribution in [0.1, 0.15) is 23.8 Å². The zero-order chi connectivity index (χ0) is 14.5. The van der Waals surface area contributed by atoms with Gasteiger partial charge in [-0.15, -0.1) is 0 Å². The average Bonchev–Trinajstić information content (AvgIpc) is 2.93. The molecule has 0 unspecified atom stereocenters. The summed E-state index contributed by atoms with van der Waals surface area (Å²) in [5, 5.41) is 2.77. The molecular formula is C16H19NO3. The molecule has 0 aliphatic heterocycles. The molecule has 1 aromatic carbocycles. The highest BCUT2D eigenvalue weighted by atomic mass is 16.5. The highest BCUT2D eigenvalue weighted by Gasteiger charge is 2.14. The number of rotatable bonds is 5. The number of aryl methyl sites for hydroxylation is 2. The first kappa shape index (κ1) is 14.2. The third-order valence-electron chi connectivity index (χ3n) is 3.18. The van der Waals surface area contributed by atoms with Crippen molar-refractivity contribution in [3.63, 3.8) is 0 Å². The Hall–Kier alpha value is -2.23. The molecule has 0 fully saturated rings. The molecule has 2 rings (SSSR count). The van der Waals surface area contributed by atoms with Crippen molar-refractivity contribution in [2.45, 2.75) is 33.4 Å². The number of amides is 1. The van der Waals surface area contributed by atoms with E-state index in [2.05, 4.69) is 5.32 Å². The number of ether oxygens (including phenoxy) is 1. The van der Waals surface area contributed by atoms with Crippen LogP contribution < -0.4 is 10.1 Å². The fourth-order valence-corrected chi connectivity index (χ4v) is 1.78. The summed E-state index contributed by atoms with van der Waals surface area (Å²) in [4.78, 5) is 11.9. The lowest BCUT2D eigenvalue weighted by atomic mass is 10.1. The molecule has 0 radical (unpaired) electrons. The Labute approximate surface area is 118 Å². The van der Waals surface area contributed by atoms with Gasteiger partial charge in [0.25, 0.3) is 5.91 Å². The maximum Gasteiger partial charge on any atom is 0.261 e. The van der Waals surface area contributed by atoms with Gasteiger partial charge >= 0.3 is 0 Å². The van der Waals surface area contributed by atoms with E-state index in [1.54, 1.807) is 19.3 Å². The molecule has 0 aliphatic rings. The van der Waals surface area contributed by atoms with Crippen LogP contribution >= 0.6 is 0 Å². The first-order valence-corrected chi connectivity index (χ1v) is 6.60. The number of hydrogen-bond acceptors (Lipinski definition) is 3. The average molecular weight is 273 g/mol. The van der Waals surface area contributed by atoms with Crippen LogP contribution in [0.2, 0.25) is 0 Å². The van der Waals surface area contributed by atoms with Gasteiger partial charge in [0.1, 0.15) is 11.5 Å². The molecule has 0 spiro atoms. The van der Waals surface area contributed by atoms with Gasteiger partial charge in [0.15, 0.2) is 6.10 Å². The minimum absolute atomic E-state index is 0.167. The zero-order valence-corrected chi connectivity index (χ0v) is 12.0. The lowest BCUT2D eigenvalue weighted by molar-refractivity contribution is -0.127. The maximum absolute atomic E-state index is 11.9. The number of carbonyl (C=O) groups excluding carboxylic acids is 1.